The molecule has 2 aliphatic rings. The van der Waals surface area contributed by atoms with Gasteiger partial charge in [-0.1, -0.05) is 0 Å². The first-order chi connectivity index (χ1) is 8.26. The lowest BCUT2D eigenvalue weighted by Gasteiger charge is -2.34. The van der Waals surface area contributed by atoms with Gasteiger partial charge in [-0.15, -0.1) is 0 Å². The minimum Gasteiger partial charge on any atom is -0.371 e. The minimum atomic E-state index is -0.360. The zero-order valence-corrected chi connectivity index (χ0v) is 9.40. The number of rotatable bonds is 1. The van der Waals surface area contributed by atoms with Crippen molar-refractivity contribution in [3.63, 3.8) is 0 Å². The number of morpholine rings is 1. The summed E-state index contributed by atoms with van der Waals surface area (Å²) in [5.74, 6) is -0.360. The first kappa shape index (κ1) is 10.5. The fourth-order valence-electron chi connectivity index (χ4n) is 2.69. The molecule has 17 heavy (non-hydrogen) atoms. The third kappa shape index (κ3) is 1.87. The lowest BCUT2D eigenvalue weighted by Crippen LogP contribution is -2.42. The van der Waals surface area contributed by atoms with Crippen molar-refractivity contribution in [1.82, 2.24) is 0 Å². The number of anilines is 1. The monoisotopic (exact) mass is 232 g/mol. The van der Waals surface area contributed by atoms with Crippen molar-refractivity contribution in [2.24, 2.45) is 0 Å². The SMILES string of the molecule is N#Cc1cc(F)ccc1N1CC2CCC(C1)O2. The highest BCUT2D eigenvalue weighted by Crippen LogP contribution is 2.31. The molecule has 0 spiro atoms. The molecule has 1 aromatic carbocycles. The molecule has 0 aromatic heterocycles. The molecule has 3 nitrogen and oxygen atoms in total. The van der Waals surface area contributed by atoms with Gasteiger partial charge in [-0.2, -0.15) is 5.26 Å². The topological polar surface area (TPSA) is 36.3 Å². The maximum absolute atomic E-state index is 13.1. The summed E-state index contributed by atoms with van der Waals surface area (Å²) >= 11 is 0. The standard InChI is InChI=1S/C13H13FN2O/c14-10-1-4-13(9(5-10)6-15)16-7-11-2-3-12(8-16)17-11/h1,4-5,11-12H,2-3,7-8H2. The second kappa shape index (κ2) is 4.01. The van der Waals surface area contributed by atoms with E-state index in [4.69, 9.17) is 10.00 Å². The van der Waals surface area contributed by atoms with Crippen LogP contribution in [-0.4, -0.2) is 25.3 Å². The van der Waals surface area contributed by atoms with Crippen molar-refractivity contribution in [2.45, 2.75) is 25.0 Å². The summed E-state index contributed by atoms with van der Waals surface area (Å²) in [6, 6.07) is 6.46. The molecule has 0 aliphatic carbocycles. The Labute approximate surface area is 99.4 Å². The van der Waals surface area contributed by atoms with Crippen molar-refractivity contribution in [3.8, 4) is 6.07 Å². The third-order valence-electron chi connectivity index (χ3n) is 3.46. The van der Waals surface area contributed by atoms with Crippen LogP contribution in [0.2, 0.25) is 0 Å². The fourth-order valence-corrected chi connectivity index (χ4v) is 2.69. The number of halogens is 1. The van der Waals surface area contributed by atoms with Crippen LogP contribution in [0.3, 0.4) is 0 Å². The van der Waals surface area contributed by atoms with E-state index >= 15 is 0 Å². The van der Waals surface area contributed by atoms with E-state index in [2.05, 4.69) is 11.0 Å². The second-order valence-corrected chi connectivity index (χ2v) is 4.64. The predicted molar refractivity (Wildman–Crippen MR) is 61.2 cm³/mol. The fraction of sp³-hybridized carbons (Fsp3) is 0.462. The van der Waals surface area contributed by atoms with Gasteiger partial charge in [0.2, 0.25) is 0 Å². The van der Waals surface area contributed by atoms with Crippen LogP contribution >= 0.6 is 0 Å². The van der Waals surface area contributed by atoms with Crippen LogP contribution in [0.1, 0.15) is 18.4 Å². The Hall–Kier alpha value is -1.60. The van der Waals surface area contributed by atoms with Gasteiger partial charge < -0.3 is 9.64 Å². The summed E-state index contributed by atoms with van der Waals surface area (Å²) in [5.41, 5.74) is 1.24. The van der Waals surface area contributed by atoms with Gasteiger partial charge in [0.25, 0.3) is 0 Å². The van der Waals surface area contributed by atoms with Crippen LogP contribution in [-0.2, 0) is 4.74 Å². The Bertz CT molecular complexity index is 471. The lowest BCUT2D eigenvalue weighted by atomic mass is 10.1. The molecule has 0 N–H and O–H groups in total. The predicted octanol–water partition coefficient (Wildman–Crippen LogP) is 2.06. The first-order valence-corrected chi connectivity index (χ1v) is 5.86. The first-order valence-electron chi connectivity index (χ1n) is 5.86. The van der Waals surface area contributed by atoms with Crippen LogP contribution < -0.4 is 4.90 Å². The van der Waals surface area contributed by atoms with E-state index in [0.29, 0.717) is 5.56 Å². The number of ether oxygens (including phenoxy) is 1. The van der Waals surface area contributed by atoms with Crippen molar-refractivity contribution in [2.75, 3.05) is 18.0 Å². The Morgan fingerprint density at radius 3 is 2.65 bits per heavy atom. The van der Waals surface area contributed by atoms with Crippen molar-refractivity contribution < 1.29 is 9.13 Å². The number of hydrogen-bond donors (Lipinski definition) is 0. The lowest BCUT2D eigenvalue weighted by molar-refractivity contribution is 0.0305. The smallest absolute Gasteiger partial charge is 0.124 e. The molecular weight excluding hydrogens is 219 g/mol. The summed E-state index contributed by atoms with van der Waals surface area (Å²) in [6.07, 6.45) is 2.71. The van der Waals surface area contributed by atoms with Gasteiger partial charge in [0.1, 0.15) is 11.9 Å². The van der Waals surface area contributed by atoms with E-state index in [1.165, 1.54) is 12.1 Å². The van der Waals surface area contributed by atoms with Gasteiger partial charge >= 0.3 is 0 Å². The quantitative estimate of drug-likeness (QED) is 0.743. The summed E-state index contributed by atoms with van der Waals surface area (Å²) < 4.78 is 18.8. The Kier molecular flexibility index (Phi) is 2.49. The molecule has 4 heteroatoms. The van der Waals surface area contributed by atoms with Crippen molar-refractivity contribution in [1.29, 1.82) is 5.26 Å². The molecule has 2 aliphatic heterocycles. The Morgan fingerprint density at radius 1 is 1.29 bits per heavy atom. The number of nitriles is 1. The molecular formula is C13H13FN2O. The zero-order chi connectivity index (χ0) is 11.8. The van der Waals surface area contributed by atoms with Crippen LogP contribution in [0.5, 0.6) is 0 Å². The zero-order valence-electron chi connectivity index (χ0n) is 9.40. The van der Waals surface area contributed by atoms with Gasteiger partial charge in [-0.05, 0) is 31.0 Å². The molecule has 0 amide bonds. The Balaban J connectivity index is 1.92. The number of fused-ring (bicyclic) bond motifs is 2. The minimum absolute atomic E-state index is 0.269. The van der Waals surface area contributed by atoms with Gasteiger partial charge in [-0.25, -0.2) is 4.39 Å². The van der Waals surface area contributed by atoms with Crippen molar-refractivity contribution >= 4 is 5.69 Å². The van der Waals surface area contributed by atoms with Crippen LogP contribution in [0.25, 0.3) is 0 Å². The highest BCUT2D eigenvalue weighted by molar-refractivity contribution is 5.60. The van der Waals surface area contributed by atoms with Crippen molar-refractivity contribution in [3.05, 3.63) is 29.6 Å². The molecule has 3 rings (SSSR count). The molecule has 2 fully saturated rings. The molecule has 2 heterocycles. The number of hydrogen-bond acceptors (Lipinski definition) is 3. The number of benzene rings is 1. The summed E-state index contributed by atoms with van der Waals surface area (Å²) in [7, 11) is 0. The average molecular weight is 232 g/mol. The molecule has 2 unspecified atom stereocenters. The summed E-state index contributed by atoms with van der Waals surface area (Å²) in [5, 5.41) is 9.05. The average Bonchev–Trinajstić information content (AvgIpc) is 2.68. The summed E-state index contributed by atoms with van der Waals surface area (Å²) in [4.78, 5) is 2.14. The largest absolute Gasteiger partial charge is 0.371 e. The molecule has 2 saturated heterocycles. The molecule has 0 saturated carbocycles. The Morgan fingerprint density at radius 2 is 2.00 bits per heavy atom. The maximum atomic E-state index is 13.1. The van der Waals surface area contributed by atoms with Crippen LogP contribution in [0, 0.1) is 17.1 Å². The maximum Gasteiger partial charge on any atom is 0.124 e. The van der Waals surface area contributed by atoms with E-state index < -0.39 is 0 Å². The van der Waals surface area contributed by atoms with E-state index in [1.807, 2.05) is 0 Å². The molecule has 2 atom stereocenters. The van der Waals surface area contributed by atoms with Gasteiger partial charge in [0.05, 0.1) is 23.5 Å². The normalized spacial score (nSPS) is 26.9. The third-order valence-corrected chi connectivity index (χ3v) is 3.46. The molecule has 88 valence electrons. The highest BCUT2D eigenvalue weighted by atomic mass is 19.1. The van der Waals surface area contributed by atoms with Crippen LogP contribution in [0.15, 0.2) is 18.2 Å². The van der Waals surface area contributed by atoms with Gasteiger partial charge in [-0.3, -0.25) is 0 Å². The van der Waals surface area contributed by atoms with Gasteiger partial charge in [0, 0.05) is 13.1 Å². The summed E-state index contributed by atoms with van der Waals surface area (Å²) in [6.45, 7) is 1.60. The van der Waals surface area contributed by atoms with E-state index in [0.717, 1.165) is 31.6 Å². The number of nitrogens with zero attached hydrogens (tertiary/aromatic N) is 2. The molecule has 0 radical (unpaired) electrons. The van der Waals surface area contributed by atoms with Gasteiger partial charge in [0.15, 0.2) is 0 Å². The van der Waals surface area contributed by atoms with E-state index in [-0.39, 0.29) is 18.0 Å². The van der Waals surface area contributed by atoms with Crippen LogP contribution in [0.4, 0.5) is 10.1 Å². The molecule has 1 aromatic rings. The van der Waals surface area contributed by atoms with E-state index in [1.54, 1.807) is 6.07 Å². The highest BCUT2D eigenvalue weighted by Gasteiger charge is 2.34. The molecule has 2 bridgehead atoms. The van der Waals surface area contributed by atoms with E-state index in [9.17, 15) is 4.39 Å². The second-order valence-electron chi connectivity index (χ2n) is 4.64.